The monoisotopic (exact) mass is 826 g/mol. The van der Waals surface area contributed by atoms with Crippen LogP contribution in [0.15, 0.2) is 79.0 Å². The van der Waals surface area contributed by atoms with Crippen LogP contribution in [0.1, 0.15) is 43.1 Å². The molecule has 0 radical (unpaired) electrons. The molecule has 0 unspecified atom stereocenters. The first-order chi connectivity index (χ1) is 28.2. The van der Waals surface area contributed by atoms with Gasteiger partial charge in [-0.3, -0.25) is 14.4 Å². The first-order valence-electron chi connectivity index (χ1n) is 19.0. The van der Waals surface area contributed by atoms with E-state index in [2.05, 4.69) is 40.9 Å². The molecule has 1 fully saturated rings. The van der Waals surface area contributed by atoms with Crippen LogP contribution in [0.5, 0.6) is 23.1 Å². The van der Waals surface area contributed by atoms with E-state index in [0.29, 0.717) is 45.8 Å². The van der Waals surface area contributed by atoms with Crippen LogP contribution in [-0.4, -0.2) is 95.1 Å². The molecule has 6 rings (SSSR count). The zero-order valence-electron chi connectivity index (χ0n) is 34.0. The number of carbonyl (C=O) groups excluding carboxylic acids is 2. The highest BCUT2D eigenvalue weighted by Gasteiger charge is 2.23. The lowest BCUT2D eigenvalue weighted by molar-refractivity contribution is 0.0374. The number of aromatic nitrogens is 2. The Balaban J connectivity index is 1.13. The Bertz CT molecular complexity index is 2420. The van der Waals surface area contributed by atoms with Gasteiger partial charge < -0.3 is 40.2 Å². The summed E-state index contributed by atoms with van der Waals surface area (Å²) in [7, 11) is -0.737. The Labute approximate surface area is 344 Å². The van der Waals surface area contributed by atoms with Crippen LogP contribution < -0.4 is 40.2 Å². The van der Waals surface area contributed by atoms with Gasteiger partial charge in [0.25, 0.3) is 5.91 Å². The third-order valence-corrected chi connectivity index (χ3v) is 10.0. The number of carbonyl (C=O) groups is 2. The molecule has 1 aliphatic rings. The normalized spacial score (nSPS) is 13.3. The number of benzene rings is 4. The van der Waals surface area contributed by atoms with Gasteiger partial charge in [-0.25, -0.2) is 18.2 Å². The molecule has 0 bridgehead atoms. The Morgan fingerprint density at radius 1 is 0.864 bits per heavy atom. The van der Waals surface area contributed by atoms with Crippen LogP contribution in [0.3, 0.4) is 0 Å². The van der Waals surface area contributed by atoms with E-state index in [4.69, 9.17) is 18.9 Å². The molecule has 0 atom stereocenters. The average Bonchev–Trinajstić information content (AvgIpc) is 3.20. The number of sulfonamides is 1. The van der Waals surface area contributed by atoms with E-state index in [1.807, 2.05) is 45.0 Å². The first-order valence-corrected chi connectivity index (χ1v) is 20.9. The third kappa shape index (κ3) is 11.3. The van der Waals surface area contributed by atoms with E-state index in [-0.39, 0.29) is 40.3 Å². The summed E-state index contributed by atoms with van der Waals surface area (Å²) >= 11 is 0. The summed E-state index contributed by atoms with van der Waals surface area (Å²) in [6, 6.07) is 20.5. The number of methoxy groups -OCH3 is 2. The van der Waals surface area contributed by atoms with Gasteiger partial charge in [-0.1, -0.05) is 45.0 Å². The number of rotatable bonds is 15. The van der Waals surface area contributed by atoms with Crippen LogP contribution in [0.4, 0.5) is 33.5 Å². The summed E-state index contributed by atoms with van der Waals surface area (Å²) in [6.45, 7) is 10.7. The van der Waals surface area contributed by atoms with Gasteiger partial charge in [0, 0.05) is 54.4 Å². The number of hydrogen-bond donors (Lipinski definition) is 5. The molecule has 0 saturated carbocycles. The summed E-state index contributed by atoms with van der Waals surface area (Å²) in [4.78, 5) is 37.7. The molecule has 1 aliphatic heterocycles. The molecule has 5 N–H and O–H groups in total. The van der Waals surface area contributed by atoms with Gasteiger partial charge in [-0.2, -0.15) is 4.98 Å². The molecule has 17 heteroatoms. The number of morpholine rings is 1. The second-order valence-electron chi connectivity index (χ2n) is 14.9. The Hall–Kier alpha value is -6.17. The van der Waals surface area contributed by atoms with Gasteiger partial charge in [-0.15, -0.1) is 0 Å². The molecular weight excluding hydrogens is 777 g/mol. The van der Waals surface area contributed by atoms with Crippen molar-refractivity contribution in [3.05, 3.63) is 90.1 Å². The van der Waals surface area contributed by atoms with Gasteiger partial charge in [-0.05, 0) is 60.3 Å². The molecule has 5 aromatic rings. The SMILES string of the molecule is COc1cc(Nc2nccc(Oc3ccc(NC(=O)Nc4cc(C(C)(C)C)cc(NS(C)(=O)=O)c4OC)c4ccccc34)n2)ccc1C(=O)NCCCN1CCOCC1. The number of anilines is 5. The molecular formula is C42H50N8O8S. The predicted octanol–water partition coefficient (Wildman–Crippen LogP) is 6.95. The highest BCUT2D eigenvalue weighted by Crippen LogP contribution is 2.40. The number of amides is 3. The lowest BCUT2D eigenvalue weighted by Gasteiger charge is -2.26. The van der Waals surface area contributed by atoms with Crippen LogP contribution in [0, 0.1) is 0 Å². The summed E-state index contributed by atoms with van der Waals surface area (Å²) in [5.74, 6) is 1.33. The molecule has 1 aromatic heterocycles. The van der Waals surface area contributed by atoms with Crippen molar-refractivity contribution >= 4 is 61.4 Å². The fraction of sp³-hybridized carbons (Fsp3) is 0.333. The fourth-order valence-electron chi connectivity index (χ4n) is 6.48. The maximum atomic E-state index is 13.5. The minimum absolute atomic E-state index is 0.163. The largest absolute Gasteiger partial charge is 0.496 e. The minimum atomic E-state index is -3.65. The standard InChI is InChI=1S/C42H50N8O8S/c1-42(2,3)27-24-33(38(56-5)34(25-27)49-59(6,53)54)47-41(52)46-32-14-15-35(30-11-8-7-10-29(30)32)58-37-16-18-44-40(48-37)45-28-12-13-31(36(26-28)55-4)39(51)43-17-9-19-50-20-22-57-23-21-50/h7-8,10-16,18,24-26,49H,9,17,19-23H2,1-6H3,(H,43,51)(H,44,45,48)(H2,46,47,52). The number of nitrogens with one attached hydrogen (secondary N) is 5. The van der Waals surface area contributed by atoms with Crippen molar-refractivity contribution in [3.63, 3.8) is 0 Å². The molecule has 1 saturated heterocycles. The molecule has 16 nitrogen and oxygen atoms in total. The van der Waals surface area contributed by atoms with Crippen molar-refractivity contribution < 1.29 is 37.0 Å². The number of fused-ring (bicyclic) bond motifs is 1. The lowest BCUT2D eigenvalue weighted by atomic mass is 9.86. The van der Waals surface area contributed by atoms with Gasteiger partial charge in [0.05, 0.1) is 56.3 Å². The van der Waals surface area contributed by atoms with Crippen LogP contribution in [0.2, 0.25) is 0 Å². The van der Waals surface area contributed by atoms with Crippen LogP contribution >= 0.6 is 0 Å². The van der Waals surface area contributed by atoms with Crippen LogP contribution in [-0.2, 0) is 20.2 Å². The first kappa shape index (κ1) is 42.4. The second kappa shape index (κ2) is 18.6. The molecule has 0 aliphatic carbocycles. The number of urea groups is 1. The number of nitrogens with zero attached hydrogens (tertiary/aromatic N) is 3. The highest BCUT2D eigenvalue weighted by atomic mass is 32.2. The third-order valence-electron chi connectivity index (χ3n) is 9.42. The van der Waals surface area contributed by atoms with Gasteiger partial charge >= 0.3 is 6.03 Å². The fourth-order valence-corrected chi connectivity index (χ4v) is 7.03. The topological polar surface area (TPSA) is 194 Å². The lowest BCUT2D eigenvalue weighted by Crippen LogP contribution is -2.38. The summed E-state index contributed by atoms with van der Waals surface area (Å²) in [6.07, 6.45) is 3.44. The molecule has 0 spiro atoms. The van der Waals surface area contributed by atoms with Crippen LogP contribution in [0.25, 0.3) is 10.8 Å². The zero-order valence-corrected chi connectivity index (χ0v) is 34.8. The molecule has 3 amide bonds. The minimum Gasteiger partial charge on any atom is -0.496 e. The van der Waals surface area contributed by atoms with Crippen molar-refractivity contribution in [2.24, 2.45) is 0 Å². The second-order valence-corrected chi connectivity index (χ2v) is 16.6. The summed E-state index contributed by atoms with van der Waals surface area (Å²) < 4.78 is 49.6. The molecule has 312 valence electrons. The van der Waals surface area contributed by atoms with Gasteiger partial charge in [0.2, 0.25) is 21.9 Å². The summed E-state index contributed by atoms with van der Waals surface area (Å²) in [5.41, 5.74) is 2.40. The smallest absolute Gasteiger partial charge is 0.323 e. The Morgan fingerprint density at radius 2 is 1.59 bits per heavy atom. The van der Waals surface area contributed by atoms with Crippen molar-refractivity contribution in [3.8, 4) is 23.1 Å². The van der Waals surface area contributed by atoms with Crippen molar-refractivity contribution in [1.29, 1.82) is 0 Å². The summed E-state index contributed by atoms with van der Waals surface area (Å²) in [5, 5.41) is 13.3. The zero-order chi connectivity index (χ0) is 42.2. The van der Waals surface area contributed by atoms with E-state index in [9.17, 15) is 18.0 Å². The Kier molecular flexibility index (Phi) is 13.4. The maximum Gasteiger partial charge on any atom is 0.323 e. The van der Waals surface area contributed by atoms with Crippen molar-refractivity contribution in [2.45, 2.75) is 32.6 Å². The van der Waals surface area contributed by atoms with Crippen molar-refractivity contribution in [2.75, 3.05) is 80.5 Å². The van der Waals surface area contributed by atoms with E-state index in [1.54, 1.807) is 54.7 Å². The van der Waals surface area contributed by atoms with Gasteiger partial charge in [0.15, 0.2) is 5.75 Å². The number of ether oxygens (including phenoxy) is 4. The van der Waals surface area contributed by atoms with Gasteiger partial charge in [0.1, 0.15) is 11.5 Å². The van der Waals surface area contributed by atoms with Crippen molar-refractivity contribution in [1.82, 2.24) is 20.2 Å². The predicted molar refractivity (Wildman–Crippen MR) is 229 cm³/mol. The Morgan fingerprint density at radius 3 is 2.31 bits per heavy atom. The highest BCUT2D eigenvalue weighted by molar-refractivity contribution is 7.92. The van der Waals surface area contributed by atoms with E-state index >= 15 is 0 Å². The molecule has 2 heterocycles. The quantitative estimate of drug-likeness (QED) is 0.0683. The molecule has 59 heavy (non-hydrogen) atoms. The number of hydrogen-bond acceptors (Lipinski definition) is 12. The molecule has 4 aromatic carbocycles. The van der Waals surface area contributed by atoms with E-state index < -0.39 is 16.1 Å². The average molecular weight is 827 g/mol. The van der Waals surface area contributed by atoms with E-state index in [1.165, 1.54) is 14.2 Å². The van der Waals surface area contributed by atoms with E-state index in [0.717, 1.165) is 51.1 Å². The maximum absolute atomic E-state index is 13.5.